The fourth-order valence-electron chi connectivity index (χ4n) is 3.21. The van der Waals surface area contributed by atoms with Crippen LogP contribution in [0.3, 0.4) is 0 Å². The molecule has 0 radical (unpaired) electrons. The molecule has 2 aromatic heterocycles. The molecule has 156 valence electrons. The van der Waals surface area contributed by atoms with Crippen LogP contribution in [0.1, 0.15) is 19.0 Å². The second kappa shape index (κ2) is 10.0. The number of anilines is 1. The monoisotopic (exact) mass is 438 g/mol. The van der Waals surface area contributed by atoms with Crippen molar-refractivity contribution in [2.45, 2.75) is 23.6 Å². The number of thioether (sulfide) groups is 1. The molecular formula is C22H26N6S2. The van der Waals surface area contributed by atoms with Crippen molar-refractivity contribution < 1.29 is 0 Å². The third-order valence-electron chi connectivity index (χ3n) is 4.67. The van der Waals surface area contributed by atoms with E-state index < -0.39 is 0 Å². The van der Waals surface area contributed by atoms with Crippen LogP contribution in [0.2, 0.25) is 0 Å². The third kappa shape index (κ3) is 4.99. The lowest BCUT2D eigenvalue weighted by Crippen LogP contribution is -2.14. The van der Waals surface area contributed by atoms with Gasteiger partial charge in [0.2, 0.25) is 0 Å². The smallest absolute Gasteiger partial charge is 0.117 e. The van der Waals surface area contributed by atoms with E-state index in [4.69, 9.17) is 4.99 Å². The van der Waals surface area contributed by atoms with E-state index in [1.807, 2.05) is 42.5 Å². The summed E-state index contributed by atoms with van der Waals surface area (Å²) in [5, 5.41) is 6.82. The Kier molecular flexibility index (Phi) is 6.96. The Morgan fingerprint density at radius 3 is 3.10 bits per heavy atom. The molecule has 0 bridgehead atoms. The van der Waals surface area contributed by atoms with Crippen LogP contribution < -0.4 is 9.62 Å². The highest BCUT2D eigenvalue weighted by Crippen LogP contribution is 2.34. The molecule has 0 saturated carbocycles. The van der Waals surface area contributed by atoms with Crippen LogP contribution in [0.4, 0.5) is 5.69 Å². The molecule has 3 heterocycles. The highest BCUT2D eigenvalue weighted by Gasteiger charge is 2.22. The molecule has 3 aromatic rings. The molecule has 1 aliphatic heterocycles. The zero-order valence-corrected chi connectivity index (χ0v) is 18.8. The van der Waals surface area contributed by atoms with Crippen molar-refractivity contribution in [3.8, 4) is 0 Å². The van der Waals surface area contributed by atoms with Gasteiger partial charge in [-0.1, -0.05) is 36.9 Å². The molecule has 6 nitrogen and oxygen atoms in total. The summed E-state index contributed by atoms with van der Waals surface area (Å²) in [4.78, 5) is 17.3. The van der Waals surface area contributed by atoms with E-state index in [-0.39, 0.29) is 0 Å². The molecule has 1 unspecified atom stereocenters. The first-order chi connectivity index (χ1) is 14.7. The van der Waals surface area contributed by atoms with Crippen molar-refractivity contribution in [1.82, 2.24) is 15.3 Å². The minimum Gasteiger partial charge on any atom is -0.376 e. The minimum absolute atomic E-state index is 0.396. The van der Waals surface area contributed by atoms with Gasteiger partial charge in [-0.25, -0.2) is 4.98 Å². The Morgan fingerprint density at radius 1 is 1.33 bits per heavy atom. The Balaban J connectivity index is 1.45. The first kappa shape index (κ1) is 20.8. The summed E-state index contributed by atoms with van der Waals surface area (Å²) < 4.78 is 2.15. The van der Waals surface area contributed by atoms with Gasteiger partial charge in [-0.15, -0.1) is 0 Å². The number of fused-ring (bicyclic) bond motifs is 1. The largest absolute Gasteiger partial charge is 0.376 e. The van der Waals surface area contributed by atoms with E-state index in [0.29, 0.717) is 5.25 Å². The van der Waals surface area contributed by atoms with Gasteiger partial charge in [-0.3, -0.25) is 9.98 Å². The molecule has 0 saturated heterocycles. The number of pyridine rings is 1. The second-order valence-electron chi connectivity index (χ2n) is 7.02. The van der Waals surface area contributed by atoms with Gasteiger partial charge in [-0.2, -0.15) is 0 Å². The molecule has 30 heavy (non-hydrogen) atoms. The lowest BCUT2D eigenvalue weighted by Gasteiger charge is -2.18. The maximum absolute atomic E-state index is 4.77. The highest BCUT2D eigenvalue weighted by molar-refractivity contribution is 8.15. The topological polar surface area (TPSA) is 68.7 Å². The number of H-pyrrole nitrogens is 1. The second-order valence-corrected chi connectivity index (χ2v) is 9.45. The van der Waals surface area contributed by atoms with Crippen LogP contribution >= 0.6 is 23.7 Å². The normalized spacial score (nSPS) is 16.3. The number of para-hydroxylation sites is 1. The van der Waals surface area contributed by atoms with Crippen LogP contribution in [-0.4, -0.2) is 53.3 Å². The molecule has 4 rings (SSSR count). The summed E-state index contributed by atoms with van der Waals surface area (Å²) in [7, 11) is 2.07. The average Bonchev–Trinajstić information content (AvgIpc) is 3.41. The average molecular weight is 439 g/mol. The number of nitrogens with zero attached hydrogens (tertiary/aromatic N) is 4. The van der Waals surface area contributed by atoms with Gasteiger partial charge in [-0.05, 0) is 30.7 Å². The minimum atomic E-state index is 0.396. The maximum Gasteiger partial charge on any atom is 0.117 e. The molecule has 0 aliphatic carbocycles. The number of rotatable bonds is 9. The number of aromatic nitrogens is 2. The lowest BCUT2D eigenvalue weighted by atomic mass is 10.2. The Hall–Kier alpha value is -2.45. The molecular weight excluding hydrogens is 412 g/mol. The standard InChI is InChI=1S/C22H26N6S2/c1-3-10-23-15-24-13-17-14-26-22(29-17)18-12-16-7-6-8-19(21(16)27-18)28(2)30-20-9-4-5-11-25-20/h4-9,11-12,15,17,27H,3,10,13-14H2,1-2H3,(H,23,24). The van der Waals surface area contributed by atoms with Crippen molar-refractivity contribution in [3.05, 3.63) is 54.4 Å². The van der Waals surface area contributed by atoms with Gasteiger partial charge >= 0.3 is 0 Å². The van der Waals surface area contributed by atoms with Gasteiger partial charge in [0.05, 0.1) is 41.6 Å². The summed E-state index contributed by atoms with van der Waals surface area (Å²) in [5.41, 5.74) is 3.32. The Bertz CT molecular complexity index is 1030. The number of hydrogen-bond donors (Lipinski definition) is 2. The fourth-order valence-corrected chi connectivity index (χ4v) is 5.00. The van der Waals surface area contributed by atoms with E-state index in [9.17, 15) is 0 Å². The summed E-state index contributed by atoms with van der Waals surface area (Å²) in [6.45, 7) is 4.70. The summed E-state index contributed by atoms with van der Waals surface area (Å²) in [6.07, 6.45) is 4.75. The number of hydrogen-bond acceptors (Lipinski definition) is 6. The van der Waals surface area contributed by atoms with E-state index >= 15 is 0 Å². The molecule has 0 spiro atoms. The predicted octanol–water partition coefficient (Wildman–Crippen LogP) is 4.60. The van der Waals surface area contributed by atoms with E-state index in [0.717, 1.165) is 53.0 Å². The van der Waals surface area contributed by atoms with Crippen molar-refractivity contribution >= 4 is 51.7 Å². The zero-order valence-electron chi connectivity index (χ0n) is 17.2. The molecule has 1 aliphatic rings. The molecule has 1 atom stereocenters. The summed E-state index contributed by atoms with van der Waals surface area (Å²) >= 11 is 3.42. The molecule has 0 fully saturated rings. The summed E-state index contributed by atoms with van der Waals surface area (Å²) in [5.74, 6) is 0. The Morgan fingerprint density at radius 2 is 2.27 bits per heavy atom. The van der Waals surface area contributed by atoms with Crippen molar-refractivity contribution in [2.75, 3.05) is 31.0 Å². The highest BCUT2D eigenvalue weighted by atomic mass is 32.2. The number of benzene rings is 1. The van der Waals surface area contributed by atoms with Crippen molar-refractivity contribution in [2.24, 2.45) is 9.98 Å². The predicted molar refractivity (Wildman–Crippen MR) is 131 cm³/mol. The quantitative estimate of drug-likeness (QED) is 0.221. The van der Waals surface area contributed by atoms with Gasteiger partial charge in [0.1, 0.15) is 10.1 Å². The van der Waals surface area contributed by atoms with Gasteiger partial charge < -0.3 is 14.6 Å². The maximum atomic E-state index is 4.77. The first-order valence-corrected chi connectivity index (χ1v) is 11.8. The molecule has 0 amide bonds. The van der Waals surface area contributed by atoms with E-state index in [2.05, 4.69) is 62.8 Å². The molecule has 8 heteroatoms. The van der Waals surface area contributed by atoms with Crippen molar-refractivity contribution in [1.29, 1.82) is 0 Å². The molecule has 2 N–H and O–H groups in total. The zero-order chi connectivity index (χ0) is 20.8. The van der Waals surface area contributed by atoms with Crippen LogP contribution in [0.5, 0.6) is 0 Å². The van der Waals surface area contributed by atoms with Crippen molar-refractivity contribution in [3.63, 3.8) is 0 Å². The lowest BCUT2D eigenvalue weighted by molar-refractivity contribution is 0.834. The first-order valence-electron chi connectivity index (χ1n) is 10.1. The number of aliphatic imine (C=N–C) groups is 2. The third-order valence-corrected chi connectivity index (χ3v) is 6.78. The van der Waals surface area contributed by atoms with Crippen LogP contribution in [0.15, 0.2) is 63.7 Å². The van der Waals surface area contributed by atoms with Gasteiger partial charge in [0, 0.05) is 37.1 Å². The van der Waals surface area contributed by atoms with Crippen LogP contribution in [0.25, 0.3) is 10.9 Å². The molecule has 1 aromatic carbocycles. The van der Waals surface area contributed by atoms with Gasteiger partial charge in [0.15, 0.2) is 0 Å². The number of nitrogens with one attached hydrogen (secondary N) is 2. The van der Waals surface area contributed by atoms with Gasteiger partial charge in [0.25, 0.3) is 0 Å². The SMILES string of the molecule is CCCNC=NCC1CN=C(c2cc3cccc(N(C)Sc4ccccn4)c3[nH]2)S1. The number of aromatic amines is 1. The van der Waals surface area contributed by atoms with E-state index in [1.165, 1.54) is 5.39 Å². The van der Waals surface area contributed by atoms with Crippen LogP contribution in [-0.2, 0) is 0 Å². The van der Waals surface area contributed by atoms with E-state index in [1.54, 1.807) is 11.9 Å². The Labute approximate surface area is 185 Å². The van der Waals surface area contributed by atoms with Crippen LogP contribution in [0, 0.1) is 0 Å². The fraction of sp³-hybridized carbons (Fsp3) is 0.318. The summed E-state index contributed by atoms with van der Waals surface area (Å²) in [6, 6.07) is 14.5.